The number of aromatic nitrogens is 2. The molecule has 0 aliphatic rings. The molecule has 0 saturated heterocycles. The van der Waals surface area contributed by atoms with Gasteiger partial charge in [0.2, 0.25) is 0 Å². The summed E-state index contributed by atoms with van der Waals surface area (Å²) in [6, 6.07) is 16.3. The van der Waals surface area contributed by atoms with Crippen molar-refractivity contribution < 1.29 is 0 Å². The molecule has 19 heavy (non-hydrogen) atoms. The van der Waals surface area contributed by atoms with Gasteiger partial charge >= 0.3 is 0 Å². The van der Waals surface area contributed by atoms with E-state index in [1.807, 2.05) is 30.3 Å². The Morgan fingerprint density at radius 1 is 0.842 bits per heavy atom. The van der Waals surface area contributed by atoms with E-state index in [1.165, 1.54) is 11.1 Å². The van der Waals surface area contributed by atoms with Crippen LogP contribution in [0.15, 0.2) is 54.7 Å². The summed E-state index contributed by atoms with van der Waals surface area (Å²) >= 11 is 0. The van der Waals surface area contributed by atoms with Crippen LogP contribution in [-0.4, -0.2) is 9.97 Å². The Bertz CT molecular complexity index is 728. The molecule has 2 nitrogen and oxygen atoms in total. The van der Waals surface area contributed by atoms with Crippen molar-refractivity contribution in [2.45, 2.75) is 6.92 Å². The van der Waals surface area contributed by atoms with Crippen molar-refractivity contribution in [3.05, 3.63) is 71.5 Å². The highest BCUT2D eigenvalue weighted by Crippen LogP contribution is 2.11. The molecule has 92 valence electrons. The lowest BCUT2D eigenvalue weighted by atomic mass is 10.1. The van der Waals surface area contributed by atoms with Crippen molar-refractivity contribution in [2.24, 2.45) is 0 Å². The van der Waals surface area contributed by atoms with Gasteiger partial charge in [0.15, 0.2) is 0 Å². The Kier molecular flexibility index (Phi) is 3.07. The zero-order valence-electron chi connectivity index (χ0n) is 10.7. The van der Waals surface area contributed by atoms with Gasteiger partial charge in [0, 0.05) is 0 Å². The summed E-state index contributed by atoms with van der Waals surface area (Å²) in [5.74, 6) is 0. The molecule has 0 atom stereocenters. The largest absolute Gasteiger partial charge is 0.252 e. The van der Waals surface area contributed by atoms with E-state index in [2.05, 4.69) is 47.2 Å². The summed E-state index contributed by atoms with van der Waals surface area (Å²) in [5, 5.41) is 0. The number of aryl methyl sites for hydroxylation is 1. The standard InChI is InChI=1S/C17H14N2/c1-13-6-8-14(9-7-13)10-11-15-12-18-16-4-2-3-5-17(16)19-15/h2-12H,1H3. The minimum atomic E-state index is 0.874. The number of rotatable bonds is 2. The minimum Gasteiger partial charge on any atom is -0.252 e. The Labute approximate surface area is 112 Å². The van der Waals surface area contributed by atoms with Crippen molar-refractivity contribution >= 4 is 23.2 Å². The van der Waals surface area contributed by atoms with Crippen molar-refractivity contribution in [1.82, 2.24) is 9.97 Å². The third kappa shape index (κ3) is 2.68. The van der Waals surface area contributed by atoms with Gasteiger partial charge < -0.3 is 0 Å². The Balaban J connectivity index is 1.90. The maximum Gasteiger partial charge on any atom is 0.0894 e. The van der Waals surface area contributed by atoms with Gasteiger partial charge in [-0.2, -0.15) is 0 Å². The van der Waals surface area contributed by atoms with Gasteiger partial charge in [0.1, 0.15) is 0 Å². The zero-order chi connectivity index (χ0) is 13.1. The summed E-state index contributed by atoms with van der Waals surface area (Å²) in [6.07, 6.45) is 5.84. The SMILES string of the molecule is Cc1ccc(C=Cc2cnc3ccccc3n2)cc1. The molecule has 0 aliphatic heterocycles. The predicted molar refractivity (Wildman–Crippen MR) is 79.6 cm³/mol. The van der Waals surface area contributed by atoms with Crippen LogP contribution >= 0.6 is 0 Å². The van der Waals surface area contributed by atoms with E-state index in [1.54, 1.807) is 6.20 Å². The molecule has 1 heterocycles. The van der Waals surface area contributed by atoms with Crippen LogP contribution in [0.25, 0.3) is 23.2 Å². The third-order valence-electron chi connectivity index (χ3n) is 2.99. The van der Waals surface area contributed by atoms with E-state index in [4.69, 9.17) is 0 Å². The summed E-state index contributed by atoms with van der Waals surface area (Å²) in [6.45, 7) is 2.09. The molecule has 2 aromatic carbocycles. The fraction of sp³-hybridized carbons (Fsp3) is 0.0588. The van der Waals surface area contributed by atoms with E-state index in [0.717, 1.165) is 16.7 Å². The predicted octanol–water partition coefficient (Wildman–Crippen LogP) is 4.11. The van der Waals surface area contributed by atoms with Crippen LogP contribution in [0, 0.1) is 6.92 Å². The molecule has 0 saturated carbocycles. The first kappa shape index (κ1) is 11.6. The van der Waals surface area contributed by atoms with Crippen molar-refractivity contribution in [3.8, 4) is 0 Å². The monoisotopic (exact) mass is 246 g/mol. The van der Waals surface area contributed by atoms with E-state index in [0.29, 0.717) is 0 Å². The molecule has 3 aromatic rings. The maximum atomic E-state index is 4.56. The molecule has 0 radical (unpaired) electrons. The fourth-order valence-electron chi connectivity index (χ4n) is 1.91. The lowest BCUT2D eigenvalue weighted by Crippen LogP contribution is -1.86. The molecule has 3 rings (SSSR count). The molecule has 0 fully saturated rings. The van der Waals surface area contributed by atoms with Gasteiger partial charge in [0.05, 0.1) is 22.9 Å². The van der Waals surface area contributed by atoms with Gasteiger partial charge in [-0.05, 0) is 30.7 Å². The van der Waals surface area contributed by atoms with Crippen LogP contribution in [-0.2, 0) is 0 Å². The highest BCUT2D eigenvalue weighted by atomic mass is 14.8. The average Bonchev–Trinajstić information content (AvgIpc) is 2.46. The van der Waals surface area contributed by atoms with Gasteiger partial charge in [0.25, 0.3) is 0 Å². The number of fused-ring (bicyclic) bond motifs is 1. The first-order valence-electron chi connectivity index (χ1n) is 6.28. The molecule has 0 bridgehead atoms. The molecular weight excluding hydrogens is 232 g/mol. The molecule has 0 amide bonds. The van der Waals surface area contributed by atoms with Crippen molar-refractivity contribution in [2.75, 3.05) is 0 Å². The van der Waals surface area contributed by atoms with E-state index >= 15 is 0 Å². The second-order valence-electron chi connectivity index (χ2n) is 4.53. The summed E-state index contributed by atoms with van der Waals surface area (Å²) in [7, 11) is 0. The Morgan fingerprint density at radius 3 is 2.37 bits per heavy atom. The van der Waals surface area contributed by atoms with E-state index in [9.17, 15) is 0 Å². The molecule has 0 N–H and O–H groups in total. The highest BCUT2D eigenvalue weighted by molar-refractivity contribution is 5.76. The van der Waals surface area contributed by atoms with Crippen LogP contribution in [0.2, 0.25) is 0 Å². The van der Waals surface area contributed by atoms with Gasteiger partial charge in [-0.25, -0.2) is 4.98 Å². The van der Waals surface area contributed by atoms with Crippen LogP contribution in [0.3, 0.4) is 0 Å². The summed E-state index contributed by atoms with van der Waals surface area (Å²) in [4.78, 5) is 8.95. The molecule has 0 unspecified atom stereocenters. The molecule has 0 aliphatic carbocycles. The number of hydrogen-bond acceptors (Lipinski definition) is 2. The fourth-order valence-corrected chi connectivity index (χ4v) is 1.91. The Hall–Kier alpha value is -2.48. The topological polar surface area (TPSA) is 25.8 Å². The summed E-state index contributed by atoms with van der Waals surface area (Å²) in [5.41, 5.74) is 5.16. The quantitative estimate of drug-likeness (QED) is 0.680. The van der Waals surface area contributed by atoms with Gasteiger partial charge in [-0.1, -0.05) is 48.0 Å². The maximum absolute atomic E-state index is 4.56. The second-order valence-corrected chi connectivity index (χ2v) is 4.53. The number of hydrogen-bond donors (Lipinski definition) is 0. The lowest BCUT2D eigenvalue weighted by Gasteiger charge is -1.98. The van der Waals surface area contributed by atoms with Crippen molar-refractivity contribution in [1.29, 1.82) is 0 Å². The minimum absolute atomic E-state index is 0.874. The number of benzene rings is 2. The number of para-hydroxylation sites is 2. The van der Waals surface area contributed by atoms with Crippen molar-refractivity contribution in [3.63, 3.8) is 0 Å². The van der Waals surface area contributed by atoms with E-state index in [-0.39, 0.29) is 0 Å². The highest BCUT2D eigenvalue weighted by Gasteiger charge is 1.95. The number of nitrogens with zero attached hydrogens (tertiary/aromatic N) is 2. The van der Waals surface area contributed by atoms with E-state index < -0.39 is 0 Å². The summed E-state index contributed by atoms with van der Waals surface area (Å²) < 4.78 is 0. The van der Waals surface area contributed by atoms with Gasteiger partial charge in [-0.15, -0.1) is 0 Å². The van der Waals surface area contributed by atoms with Gasteiger partial charge in [-0.3, -0.25) is 4.98 Å². The first-order chi connectivity index (χ1) is 9.31. The lowest BCUT2D eigenvalue weighted by molar-refractivity contribution is 1.27. The first-order valence-corrected chi connectivity index (χ1v) is 6.28. The normalized spacial score (nSPS) is 11.2. The third-order valence-corrected chi connectivity index (χ3v) is 2.99. The van der Waals surface area contributed by atoms with Crippen LogP contribution < -0.4 is 0 Å². The van der Waals surface area contributed by atoms with Crippen LogP contribution in [0.4, 0.5) is 0 Å². The second kappa shape index (κ2) is 5.02. The smallest absolute Gasteiger partial charge is 0.0894 e. The average molecular weight is 246 g/mol. The van der Waals surface area contributed by atoms with Crippen LogP contribution in [0.1, 0.15) is 16.8 Å². The molecule has 0 spiro atoms. The molecule has 2 heteroatoms. The molecule has 1 aromatic heterocycles. The van der Waals surface area contributed by atoms with Crippen LogP contribution in [0.5, 0.6) is 0 Å². The molecular formula is C17H14N2. The Morgan fingerprint density at radius 2 is 1.58 bits per heavy atom. The zero-order valence-corrected chi connectivity index (χ0v) is 10.7.